The van der Waals surface area contributed by atoms with Gasteiger partial charge in [0.1, 0.15) is 5.82 Å². The number of rotatable bonds is 10. The molecule has 1 heterocycles. The number of carbonyl (C=O) groups excluding carboxylic acids is 1. The molecule has 182 valence electrons. The lowest BCUT2D eigenvalue weighted by molar-refractivity contribution is -0.120. The maximum Gasteiger partial charge on any atom is 0.217 e. The highest BCUT2D eigenvalue weighted by Crippen LogP contribution is 2.54. The summed E-state index contributed by atoms with van der Waals surface area (Å²) in [7, 11) is 0. The van der Waals surface area contributed by atoms with E-state index < -0.39 is 12.1 Å². The van der Waals surface area contributed by atoms with E-state index in [1.165, 1.54) is 24.6 Å². The third kappa shape index (κ3) is 5.49. The molecule has 1 fully saturated rings. The molecule has 4 rings (SSSR count). The van der Waals surface area contributed by atoms with Gasteiger partial charge < -0.3 is 15.7 Å². The number of halogens is 1. The van der Waals surface area contributed by atoms with E-state index in [4.69, 9.17) is 0 Å². The fourth-order valence-corrected chi connectivity index (χ4v) is 5.12. The molecule has 0 saturated heterocycles. The fourth-order valence-electron chi connectivity index (χ4n) is 5.12. The van der Waals surface area contributed by atoms with Crippen LogP contribution in [0, 0.1) is 18.7 Å². The van der Waals surface area contributed by atoms with Gasteiger partial charge in [-0.2, -0.15) is 0 Å². The molecule has 0 bridgehead atoms. The van der Waals surface area contributed by atoms with Crippen LogP contribution in [0.15, 0.2) is 54.7 Å². The van der Waals surface area contributed by atoms with Crippen molar-refractivity contribution in [3.05, 3.63) is 77.2 Å². The number of benzene rings is 2. The third-order valence-corrected chi connectivity index (χ3v) is 6.91. The van der Waals surface area contributed by atoms with E-state index in [-0.39, 0.29) is 17.3 Å². The van der Waals surface area contributed by atoms with Gasteiger partial charge in [-0.1, -0.05) is 37.6 Å². The van der Waals surface area contributed by atoms with Crippen molar-refractivity contribution in [2.45, 2.75) is 57.7 Å². The predicted molar refractivity (Wildman–Crippen MR) is 133 cm³/mol. The molecule has 4 atom stereocenters. The predicted octanol–water partition coefficient (Wildman–Crippen LogP) is 3.30. The summed E-state index contributed by atoms with van der Waals surface area (Å²) in [5.41, 5.74) is 6.94. The first kappa shape index (κ1) is 24.4. The molecule has 1 saturated carbocycles. The van der Waals surface area contributed by atoms with Crippen LogP contribution >= 0.6 is 0 Å². The maximum atomic E-state index is 13.9. The average molecular weight is 467 g/mol. The fraction of sp³-hybridized carbons (Fsp3) is 0.444. The standard InChI is InChI=1S/C27H35FN4O2/c1-4-21-16-27(21,22-7-5-8-24(15-22)32-10-6-9-30-32)29-17-26(34)25(31-19(3)33)14-20-11-18(2)12-23(28)13-20/h5-8,10-13,15,21,25-26,29-30,34H,4,9,14,16-17H2,1-3H3,(H,31,33). The van der Waals surface area contributed by atoms with Crippen LogP contribution in [0.2, 0.25) is 0 Å². The van der Waals surface area contributed by atoms with Gasteiger partial charge in [0.05, 0.1) is 17.8 Å². The summed E-state index contributed by atoms with van der Waals surface area (Å²) < 4.78 is 13.9. The van der Waals surface area contributed by atoms with Crippen molar-refractivity contribution in [2.24, 2.45) is 5.92 Å². The minimum absolute atomic E-state index is 0.203. The summed E-state index contributed by atoms with van der Waals surface area (Å²) in [6.45, 7) is 6.59. The van der Waals surface area contributed by atoms with Crippen LogP contribution in [-0.4, -0.2) is 36.2 Å². The van der Waals surface area contributed by atoms with Gasteiger partial charge in [0.25, 0.3) is 0 Å². The number of aryl methyl sites for hydroxylation is 1. The van der Waals surface area contributed by atoms with E-state index >= 15 is 0 Å². The summed E-state index contributed by atoms with van der Waals surface area (Å²) in [6, 6.07) is 12.8. The zero-order chi connectivity index (χ0) is 24.3. The van der Waals surface area contributed by atoms with Crippen LogP contribution in [0.3, 0.4) is 0 Å². The smallest absolute Gasteiger partial charge is 0.217 e. The van der Waals surface area contributed by atoms with E-state index in [1.807, 2.05) is 24.2 Å². The number of amides is 1. The first-order chi connectivity index (χ1) is 16.3. The number of hydrazine groups is 1. The first-order valence-corrected chi connectivity index (χ1v) is 12.1. The molecule has 6 nitrogen and oxygen atoms in total. The van der Waals surface area contributed by atoms with Crippen LogP contribution in [-0.2, 0) is 16.8 Å². The number of carbonyl (C=O) groups is 1. The molecule has 1 aliphatic heterocycles. The lowest BCUT2D eigenvalue weighted by Crippen LogP contribution is -2.50. The Hall–Kier alpha value is -2.74. The van der Waals surface area contributed by atoms with Crippen LogP contribution in [0.1, 0.15) is 43.4 Å². The molecule has 4 unspecified atom stereocenters. The topological polar surface area (TPSA) is 76.6 Å². The number of aliphatic hydroxyl groups excluding tert-OH is 1. The molecule has 4 N–H and O–H groups in total. The Labute approximate surface area is 201 Å². The molecule has 0 aromatic heterocycles. The lowest BCUT2D eigenvalue weighted by atomic mass is 9.97. The minimum Gasteiger partial charge on any atom is -0.390 e. The highest BCUT2D eigenvalue weighted by atomic mass is 19.1. The van der Waals surface area contributed by atoms with Gasteiger partial charge in [-0.05, 0) is 66.6 Å². The number of nitrogens with one attached hydrogen (secondary N) is 3. The van der Waals surface area contributed by atoms with E-state index in [0.29, 0.717) is 18.9 Å². The van der Waals surface area contributed by atoms with Crippen LogP contribution < -0.4 is 21.1 Å². The Bertz CT molecular complexity index is 1040. The number of aliphatic hydroxyl groups is 1. The molecular formula is C27H35FN4O2. The SMILES string of the molecule is CCC1CC1(NCC(O)C(Cc1cc(C)cc(F)c1)NC(C)=O)c1cccc(N2C=CCN2)c1. The van der Waals surface area contributed by atoms with Gasteiger partial charge in [-0.3, -0.25) is 9.80 Å². The quantitative estimate of drug-likeness (QED) is 0.432. The molecule has 1 amide bonds. The normalized spacial score (nSPS) is 23.1. The second-order valence-corrected chi connectivity index (χ2v) is 9.54. The second kappa shape index (κ2) is 10.3. The first-order valence-electron chi connectivity index (χ1n) is 12.1. The molecule has 2 aromatic rings. The summed E-state index contributed by atoms with van der Waals surface area (Å²) in [4.78, 5) is 11.8. The molecule has 0 spiro atoms. The Balaban J connectivity index is 1.49. The second-order valence-electron chi connectivity index (χ2n) is 9.54. The van der Waals surface area contributed by atoms with E-state index in [0.717, 1.165) is 36.2 Å². The molecule has 2 aliphatic rings. The van der Waals surface area contributed by atoms with Gasteiger partial charge in [0.15, 0.2) is 0 Å². The molecule has 2 aromatic carbocycles. The Morgan fingerprint density at radius 3 is 2.79 bits per heavy atom. The van der Waals surface area contributed by atoms with Crippen molar-refractivity contribution in [1.29, 1.82) is 0 Å². The van der Waals surface area contributed by atoms with Crippen molar-refractivity contribution in [3.8, 4) is 0 Å². The molecule has 1 aliphatic carbocycles. The van der Waals surface area contributed by atoms with E-state index in [2.05, 4.69) is 53.3 Å². The Morgan fingerprint density at radius 2 is 2.15 bits per heavy atom. The van der Waals surface area contributed by atoms with E-state index in [1.54, 1.807) is 0 Å². The Kier molecular flexibility index (Phi) is 7.36. The summed E-state index contributed by atoms with van der Waals surface area (Å²) in [5.74, 6) is -0.0557. The molecular weight excluding hydrogens is 431 g/mol. The zero-order valence-electron chi connectivity index (χ0n) is 20.1. The van der Waals surface area contributed by atoms with Crippen LogP contribution in [0.25, 0.3) is 0 Å². The summed E-state index contributed by atoms with van der Waals surface area (Å²) >= 11 is 0. The Morgan fingerprint density at radius 1 is 1.32 bits per heavy atom. The van der Waals surface area contributed by atoms with Crippen molar-refractivity contribution in [2.75, 3.05) is 18.1 Å². The van der Waals surface area contributed by atoms with Crippen molar-refractivity contribution in [3.63, 3.8) is 0 Å². The summed E-state index contributed by atoms with van der Waals surface area (Å²) in [6.07, 6.45) is 5.66. The van der Waals surface area contributed by atoms with Crippen molar-refractivity contribution < 1.29 is 14.3 Å². The highest BCUT2D eigenvalue weighted by Gasteiger charge is 2.54. The minimum atomic E-state index is -0.825. The zero-order valence-corrected chi connectivity index (χ0v) is 20.1. The van der Waals surface area contributed by atoms with Crippen LogP contribution in [0.5, 0.6) is 0 Å². The van der Waals surface area contributed by atoms with Crippen LogP contribution in [0.4, 0.5) is 10.1 Å². The molecule has 0 radical (unpaired) electrons. The van der Waals surface area contributed by atoms with Gasteiger partial charge in [-0.15, -0.1) is 0 Å². The van der Waals surface area contributed by atoms with Crippen molar-refractivity contribution >= 4 is 11.6 Å². The van der Waals surface area contributed by atoms with E-state index in [9.17, 15) is 14.3 Å². The summed E-state index contributed by atoms with van der Waals surface area (Å²) in [5, 5.41) is 19.6. The molecule has 34 heavy (non-hydrogen) atoms. The van der Waals surface area contributed by atoms with Gasteiger partial charge in [0, 0.05) is 31.8 Å². The third-order valence-electron chi connectivity index (χ3n) is 6.91. The molecule has 7 heteroatoms. The number of anilines is 1. The lowest BCUT2D eigenvalue weighted by Gasteiger charge is -2.28. The average Bonchev–Trinajstić information content (AvgIpc) is 3.24. The maximum absolute atomic E-state index is 13.9. The monoisotopic (exact) mass is 466 g/mol. The number of nitrogens with zero attached hydrogens (tertiary/aromatic N) is 1. The van der Waals surface area contributed by atoms with Crippen molar-refractivity contribution in [1.82, 2.24) is 16.1 Å². The van der Waals surface area contributed by atoms with Gasteiger partial charge in [-0.25, -0.2) is 9.82 Å². The van der Waals surface area contributed by atoms with Gasteiger partial charge in [0.2, 0.25) is 5.91 Å². The number of hydrogen-bond acceptors (Lipinski definition) is 5. The number of hydrogen-bond donors (Lipinski definition) is 4. The largest absolute Gasteiger partial charge is 0.390 e. The highest BCUT2D eigenvalue weighted by molar-refractivity contribution is 5.73. The van der Waals surface area contributed by atoms with Gasteiger partial charge >= 0.3 is 0 Å².